The maximum Gasteiger partial charge on any atom is 0.399 e. The van der Waals surface area contributed by atoms with Crippen LogP contribution in [-0.4, -0.2) is 42.0 Å². The fraction of sp³-hybridized carbons (Fsp3) is 0.194. The minimum absolute atomic E-state index is 0. The summed E-state index contributed by atoms with van der Waals surface area (Å²) in [5.74, 6) is -1.89. The number of nitrogens with two attached hydrogens (primary N) is 1. The van der Waals surface area contributed by atoms with Gasteiger partial charge in [0.1, 0.15) is 11.5 Å². The third-order valence-corrected chi connectivity index (χ3v) is 7.49. The van der Waals surface area contributed by atoms with Crippen molar-refractivity contribution >= 4 is 39.9 Å². The Morgan fingerprint density at radius 3 is 1.77 bits per heavy atom. The molecule has 0 unspecified atom stereocenters. The van der Waals surface area contributed by atoms with Crippen molar-refractivity contribution in [2.75, 3.05) is 19.0 Å². The minimum atomic E-state index is -0.827. The van der Waals surface area contributed by atoms with E-state index in [0.29, 0.717) is 17.2 Å². The average molecular weight is 842 g/mol. The van der Waals surface area contributed by atoms with Crippen molar-refractivity contribution in [3.63, 3.8) is 0 Å². The summed E-state index contributed by atoms with van der Waals surface area (Å²) in [7, 11) is 3.83. The number of aliphatic carboxylic acids is 1. The van der Waals surface area contributed by atoms with Crippen molar-refractivity contribution in [2.45, 2.75) is 33.0 Å². The molecule has 2 aromatic heterocycles. The molecule has 1 aliphatic carbocycles. The van der Waals surface area contributed by atoms with Gasteiger partial charge in [-0.05, 0) is 13.8 Å². The number of halogens is 2. The number of carboxylic acids is 1. The molecule has 5 aromatic rings. The Bertz CT molecular complexity index is 2180. The van der Waals surface area contributed by atoms with E-state index in [-0.39, 0.29) is 80.4 Å². The molecule has 16 heteroatoms. The van der Waals surface area contributed by atoms with Gasteiger partial charge in [-0.3, -0.25) is 14.4 Å². The Morgan fingerprint density at radius 1 is 0.788 bits per heavy atom. The molecule has 0 bridgehead atoms. The summed E-state index contributed by atoms with van der Waals surface area (Å²) in [5, 5.41) is 21.5. The summed E-state index contributed by atoms with van der Waals surface area (Å²) in [6, 6.07) is 17.3. The monoisotopic (exact) mass is 839 g/mol. The SMILES string of the molecule is CC(C)[n+]1cc[n+](CC(=O)O)cc1.CN(C)c1cc[n+](CC(=O)ON=c2c(=O)c3ccccc3c2=O)cc1.NC1=C(O)c2ccccc2C1=O.[Br-].[Br-]. The van der Waals surface area contributed by atoms with E-state index in [2.05, 4.69) is 19.0 Å². The van der Waals surface area contributed by atoms with E-state index in [1.807, 2.05) is 48.1 Å². The van der Waals surface area contributed by atoms with Crippen LogP contribution in [0.5, 0.6) is 0 Å². The number of aliphatic hydroxyl groups excluding tert-OH is 1. The predicted octanol–water partition coefficient (Wildman–Crippen LogP) is -5.15. The number of carboxylic acid groups (broad SMARTS) is 1. The fourth-order valence-electron chi connectivity index (χ4n) is 4.76. The standard InChI is InChI=1S/C18H16N3O4.C9H13N2O2.C9H7NO2.2BrH/c1-20(2)12-7-9-21(10-8-12)11-15(22)25-19-16-17(23)13-5-3-4-6-14(13)18(16)24;1-8(2)11-5-3-10(4-6-11)7-9(12)13;10-7-8(11)5-3-1-2-4-6(5)9(7)12;;/h3-10H,11H2,1-2H3;3-6,8H,7H2,1-2H3;1-4H,(H3,10,11,12);2*1H/q2*+1;;;/p-1. The van der Waals surface area contributed by atoms with Gasteiger partial charge in [0.2, 0.25) is 54.5 Å². The number of rotatable bonds is 7. The molecule has 0 saturated heterocycles. The number of Topliss-reactive ketones (excluding diaryl/α,β-unsaturated/α-hetero) is 1. The third-order valence-electron chi connectivity index (χ3n) is 7.49. The first-order chi connectivity index (χ1) is 23.8. The van der Waals surface area contributed by atoms with Crippen LogP contribution in [0.4, 0.5) is 5.69 Å². The van der Waals surface area contributed by atoms with Crippen LogP contribution < -0.4 is 74.5 Å². The number of aromatic nitrogens is 3. The Balaban J connectivity index is 0.000000293. The predicted molar refractivity (Wildman–Crippen MR) is 181 cm³/mol. The van der Waals surface area contributed by atoms with E-state index in [1.54, 1.807) is 82.5 Å². The van der Waals surface area contributed by atoms with E-state index in [0.717, 1.165) is 5.69 Å². The normalized spacial score (nSPS) is 11.2. The maximum absolute atomic E-state index is 12.1. The molecule has 0 saturated carbocycles. The average Bonchev–Trinajstić information content (AvgIpc) is 3.47. The first kappa shape index (κ1) is 42.6. The van der Waals surface area contributed by atoms with Gasteiger partial charge in [-0.15, -0.1) is 0 Å². The van der Waals surface area contributed by atoms with Crippen molar-refractivity contribution in [2.24, 2.45) is 10.9 Å². The molecule has 0 radical (unpaired) electrons. The number of fused-ring (bicyclic) bond motifs is 2. The molecule has 6 rings (SSSR count). The lowest BCUT2D eigenvalue weighted by molar-refractivity contribution is -0.756. The van der Waals surface area contributed by atoms with E-state index in [9.17, 15) is 29.1 Å². The molecule has 0 fully saturated rings. The molecule has 0 amide bonds. The molecular formula is C36H37Br2N6O8+. The largest absolute Gasteiger partial charge is 1.00 e. The second kappa shape index (κ2) is 19.1. The minimum Gasteiger partial charge on any atom is -1.00 e. The molecule has 1 aliphatic rings. The first-order valence-corrected chi connectivity index (χ1v) is 15.4. The summed E-state index contributed by atoms with van der Waals surface area (Å²) < 4.78 is 5.25. The molecule has 52 heavy (non-hydrogen) atoms. The number of hydrogen-bond donors (Lipinski definition) is 3. The van der Waals surface area contributed by atoms with Crippen LogP contribution >= 0.6 is 0 Å². The molecule has 0 atom stereocenters. The smallest absolute Gasteiger partial charge is 0.399 e. The van der Waals surface area contributed by atoms with Crippen LogP contribution in [0.3, 0.4) is 0 Å². The zero-order valence-electron chi connectivity index (χ0n) is 28.6. The zero-order chi connectivity index (χ0) is 36.5. The highest BCUT2D eigenvalue weighted by molar-refractivity contribution is 6.18. The van der Waals surface area contributed by atoms with Gasteiger partial charge in [0, 0.05) is 53.8 Å². The van der Waals surface area contributed by atoms with Crippen LogP contribution in [0, 0.1) is 0 Å². The zero-order valence-corrected chi connectivity index (χ0v) is 31.8. The van der Waals surface area contributed by atoms with E-state index >= 15 is 0 Å². The van der Waals surface area contributed by atoms with Crippen molar-refractivity contribution in [3.05, 3.63) is 140 Å². The molecule has 272 valence electrons. The van der Waals surface area contributed by atoms with Gasteiger partial charge in [-0.1, -0.05) is 53.7 Å². The molecule has 3 aromatic carbocycles. The van der Waals surface area contributed by atoms with Gasteiger partial charge in [-0.25, -0.2) is 9.59 Å². The van der Waals surface area contributed by atoms with Crippen molar-refractivity contribution in [3.8, 4) is 0 Å². The van der Waals surface area contributed by atoms with Crippen molar-refractivity contribution in [1.29, 1.82) is 0 Å². The van der Waals surface area contributed by atoms with Crippen molar-refractivity contribution < 1.29 is 77.1 Å². The molecule has 0 aliphatic heterocycles. The molecule has 14 nitrogen and oxygen atoms in total. The molecule has 4 N–H and O–H groups in total. The number of ketones is 1. The van der Waals surface area contributed by atoms with Gasteiger partial charge in [0.25, 0.3) is 0 Å². The van der Waals surface area contributed by atoms with Gasteiger partial charge >= 0.3 is 11.9 Å². The first-order valence-electron chi connectivity index (χ1n) is 15.4. The van der Waals surface area contributed by atoms with Gasteiger partial charge in [0.15, 0.2) is 23.8 Å². The number of nitrogens with zero attached hydrogens (tertiary/aromatic N) is 5. The number of allylic oxidation sites excluding steroid dienone is 1. The highest BCUT2D eigenvalue weighted by Gasteiger charge is 2.26. The van der Waals surface area contributed by atoms with Gasteiger partial charge in [0.05, 0.1) is 0 Å². The Hall–Kier alpha value is -5.61. The topological polar surface area (TPSA) is 188 Å². The van der Waals surface area contributed by atoms with E-state index < -0.39 is 22.8 Å². The van der Waals surface area contributed by atoms with Gasteiger partial charge in [-0.2, -0.15) is 13.7 Å². The Morgan fingerprint density at radius 2 is 1.29 bits per heavy atom. The second-order valence-corrected chi connectivity index (χ2v) is 11.6. The summed E-state index contributed by atoms with van der Waals surface area (Å²) >= 11 is 0. The highest BCUT2D eigenvalue weighted by atomic mass is 79.9. The summed E-state index contributed by atoms with van der Waals surface area (Å²) in [5.41, 5.74) is 6.23. The number of benzene rings is 2. The Kier molecular flexibility index (Phi) is 15.6. The van der Waals surface area contributed by atoms with E-state index in [4.69, 9.17) is 15.7 Å². The van der Waals surface area contributed by atoms with Crippen molar-refractivity contribution in [1.82, 2.24) is 0 Å². The Labute approximate surface area is 319 Å². The summed E-state index contributed by atoms with van der Waals surface area (Å²) in [6.07, 6.45) is 10.7. The summed E-state index contributed by atoms with van der Waals surface area (Å²) in [4.78, 5) is 64.5. The number of carbonyl (C=O) groups is 3. The lowest BCUT2D eigenvalue weighted by Crippen LogP contribution is -3.00. The second-order valence-electron chi connectivity index (χ2n) is 11.6. The number of hydrogen-bond acceptors (Lipinski definition) is 10. The molecule has 2 heterocycles. The number of anilines is 1. The number of aliphatic hydroxyl groups is 1. The highest BCUT2D eigenvalue weighted by Crippen LogP contribution is 2.27. The van der Waals surface area contributed by atoms with Crippen LogP contribution in [0.2, 0.25) is 0 Å². The molecule has 0 spiro atoms. The van der Waals surface area contributed by atoms with E-state index in [1.165, 1.54) is 0 Å². The lowest BCUT2D eigenvalue weighted by Gasteiger charge is -2.10. The van der Waals surface area contributed by atoms with Gasteiger partial charge < -0.3 is 59.6 Å². The summed E-state index contributed by atoms with van der Waals surface area (Å²) in [6.45, 7) is 4.07. The number of carbonyl (C=O) groups excluding carboxylic acids is 2. The third kappa shape index (κ3) is 10.5. The fourth-order valence-corrected chi connectivity index (χ4v) is 4.76. The maximum atomic E-state index is 12.1. The lowest BCUT2D eigenvalue weighted by atomic mass is 10.1. The van der Waals surface area contributed by atoms with Crippen LogP contribution in [0.15, 0.2) is 118 Å². The molecular weight excluding hydrogens is 804 g/mol. The van der Waals surface area contributed by atoms with Crippen LogP contribution in [0.1, 0.15) is 35.8 Å². The number of pyridine rings is 1. The van der Waals surface area contributed by atoms with Crippen LogP contribution in [-0.2, 0) is 27.5 Å². The quantitative estimate of drug-likeness (QED) is 0.0813. The van der Waals surface area contributed by atoms with Crippen LogP contribution in [0.25, 0.3) is 16.5 Å².